The number of carbonyl (C=O) groups excluding carboxylic acids is 2. The standard InChI is InChI=1S/C21H14ClFN2O4/c1-11-10-16(24-29-11)25-18(14-4-2-3-5-15(14)23)17(20(27)21(25)28)19(26)12-6-8-13(22)9-7-12/h2-10,18,26H,1H3/b19-17-. The molecular formula is C21H14ClFN2O4. The fourth-order valence-electron chi connectivity index (χ4n) is 3.29. The number of Topliss-reactive ketones (excluding diaryl/α,β-unsaturated/α-hetero) is 1. The largest absolute Gasteiger partial charge is 0.507 e. The number of benzene rings is 2. The van der Waals surface area contributed by atoms with E-state index in [9.17, 15) is 19.1 Å². The maximum atomic E-state index is 14.7. The zero-order valence-electron chi connectivity index (χ0n) is 15.1. The number of anilines is 1. The Bertz CT molecular complexity index is 1150. The summed E-state index contributed by atoms with van der Waals surface area (Å²) in [5.74, 6) is -2.50. The van der Waals surface area contributed by atoms with Crippen molar-refractivity contribution in [1.29, 1.82) is 0 Å². The molecule has 1 atom stereocenters. The Morgan fingerprint density at radius 2 is 1.86 bits per heavy atom. The van der Waals surface area contributed by atoms with Gasteiger partial charge in [0.15, 0.2) is 5.82 Å². The molecule has 4 rings (SSSR count). The van der Waals surface area contributed by atoms with Crippen LogP contribution in [0.2, 0.25) is 5.02 Å². The van der Waals surface area contributed by atoms with Crippen molar-refractivity contribution in [1.82, 2.24) is 5.16 Å². The Balaban J connectivity index is 1.97. The number of aryl methyl sites for hydroxylation is 1. The molecule has 146 valence electrons. The van der Waals surface area contributed by atoms with Crippen molar-refractivity contribution in [2.45, 2.75) is 13.0 Å². The molecule has 1 aromatic heterocycles. The van der Waals surface area contributed by atoms with Crippen LogP contribution in [0.3, 0.4) is 0 Å². The maximum absolute atomic E-state index is 14.7. The number of halogens is 2. The van der Waals surface area contributed by atoms with Gasteiger partial charge < -0.3 is 9.63 Å². The first-order chi connectivity index (χ1) is 13.9. The molecule has 3 aromatic rings. The molecule has 8 heteroatoms. The molecule has 1 N–H and O–H groups in total. The second-order valence-electron chi connectivity index (χ2n) is 6.49. The van der Waals surface area contributed by atoms with E-state index in [1.165, 1.54) is 48.5 Å². The highest BCUT2D eigenvalue weighted by atomic mass is 35.5. The van der Waals surface area contributed by atoms with Crippen molar-refractivity contribution >= 4 is 34.9 Å². The van der Waals surface area contributed by atoms with Crippen molar-refractivity contribution in [3.8, 4) is 0 Å². The molecular weight excluding hydrogens is 399 g/mol. The van der Waals surface area contributed by atoms with E-state index in [0.29, 0.717) is 10.8 Å². The smallest absolute Gasteiger partial charge is 0.301 e. The first-order valence-corrected chi connectivity index (χ1v) is 9.01. The monoisotopic (exact) mass is 412 g/mol. The third-order valence-corrected chi connectivity index (χ3v) is 4.88. The highest BCUT2D eigenvalue weighted by Crippen LogP contribution is 2.42. The first-order valence-electron chi connectivity index (χ1n) is 8.63. The summed E-state index contributed by atoms with van der Waals surface area (Å²) < 4.78 is 19.7. The van der Waals surface area contributed by atoms with Crippen LogP contribution in [-0.4, -0.2) is 22.0 Å². The predicted molar refractivity (Wildman–Crippen MR) is 104 cm³/mol. The van der Waals surface area contributed by atoms with Crippen LogP contribution in [0, 0.1) is 12.7 Å². The molecule has 1 saturated heterocycles. The van der Waals surface area contributed by atoms with Crippen molar-refractivity contribution < 1.29 is 23.6 Å². The predicted octanol–water partition coefficient (Wildman–Crippen LogP) is 4.40. The van der Waals surface area contributed by atoms with E-state index in [4.69, 9.17) is 16.1 Å². The van der Waals surface area contributed by atoms with Gasteiger partial charge >= 0.3 is 5.91 Å². The van der Waals surface area contributed by atoms with Crippen molar-refractivity contribution in [3.63, 3.8) is 0 Å². The average Bonchev–Trinajstić information content (AvgIpc) is 3.23. The molecule has 1 fully saturated rings. The highest BCUT2D eigenvalue weighted by molar-refractivity contribution is 6.51. The number of carbonyl (C=O) groups is 2. The molecule has 0 aliphatic carbocycles. The Hall–Kier alpha value is -3.45. The van der Waals surface area contributed by atoms with Crippen LogP contribution in [0.5, 0.6) is 0 Å². The molecule has 2 heterocycles. The zero-order valence-corrected chi connectivity index (χ0v) is 15.9. The molecule has 1 aliphatic heterocycles. The van der Waals surface area contributed by atoms with Crippen LogP contribution in [0.4, 0.5) is 10.2 Å². The van der Waals surface area contributed by atoms with Gasteiger partial charge in [-0.05, 0) is 37.3 Å². The second kappa shape index (κ2) is 7.18. The molecule has 0 spiro atoms. The summed E-state index contributed by atoms with van der Waals surface area (Å²) >= 11 is 5.88. The number of ketones is 1. The van der Waals surface area contributed by atoms with E-state index in [1.54, 1.807) is 13.0 Å². The summed E-state index contributed by atoms with van der Waals surface area (Å²) in [6.07, 6.45) is 0. The van der Waals surface area contributed by atoms with Crippen LogP contribution in [0.25, 0.3) is 5.76 Å². The number of hydrogen-bond acceptors (Lipinski definition) is 5. The minimum Gasteiger partial charge on any atom is -0.507 e. The lowest BCUT2D eigenvalue weighted by Crippen LogP contribution is -2.30. The number of amides is 1. The van der Waals surface area contributed by atoms with Crippen molar-refractivity contribution in [2.24, 2.45) is 0 Å². The Morgan fingerprint density at radius 3 is 2.48 bits per heavy atom. The van der Waals surface area contributed by atoms with E-state index >= 15 is 0 Å². The van der Waals surface area contributed by atoms with Gasteiger partial charge in [0, 0.05) is 22.2 Å². The summed E-state index contributed by atoms with van der Waals surface area (Å²) in [5.41, 5.74) is 0.0658. The molecule has 1 unspecified atom stereocenters. The maximum Gasteiger partial charge on any atom is 0.301 e. The number of aliphatic hydroxyl groups is 1. The SMILES string of the molecule is Cc1cc(N2C(=O)C(=O)/C(=C(\O)c3ccc(Cl)cc3)C2c2ccccc2F)no1. The van der Waals surface area contributed by atoms with Crippen molar-refractivity contribution in [2.75, 3.05) is 4.90 Å². The van der Waals surface area contributed by atoms with Gasteiger partial charge in [-0.1, -0.05) is 35.0 Å². The van der Waals surface area contributed by atoms with Gasteiger partial charge in [-0.3, -0.25) is 14.5 Å². The Kier molecular flexibility index (Phi) is 4.68. The fraction of sp³-hybridized carbons (Fsp3) is 0.0952. The van der Waals surface area contributed by atoms with Gasteiger partial charge in [0.05, 0.1) is 11.6 Å². The molecule has 1 amide bonds. The van der Waals surface area contributed by atoms with Gasteiger partial charge in [0.2, 0.25) is 0 Å². The van der Waals surface area contributed by atoms with Gasteiger partial charge in [0.1, 0.15) is 17.3 Å². The quantitative estimate of drug-likeness (QED) is 0.391. The van der Waals surface area contributed by atoms with Crippen LogP contribution < -0.4 is 4.90 Å². The topological polar surface area (TPSA) is 83.6 Å². The third kappa shape index (κ3) is 3.19. The number of nitrogens with zero attached hydrogens (tertiary/aromatic N) is 2. The molecule has 1 aliphatic rings. The van der Waals surface area contributed by atoms with Gasteiger partial charge in [0.25, 0.3) is 5.78 Å². The Morgan fingerprint density at radius 1 is 1.17 bits per heavy atom. The number of aliphatic hydroxyl groups excluding tert-OH is 1. The highest BCUT2D eigenvalue weighted by Gasteiger charge is 2.48. The van der Waals surface area contributed by atoms with Crippen LogP contribution in [0.15, 0.2) is 64.7 Å². The number of rotatable bonds is 3. The van der Waals surface area contributed by atoms with E-state index in [1.807, 2.05) is 0 Å². The normalized spacial score (nSPS) is 18.4. The van der Waals surface area contributed by atoms with E-state index in [2.05, 4.69) is 5.16 Å². The summed E-state index contributed by atoms with van der Waals surface area (Å²) in [6, 6.07) is 12.1. The average molecular weight is 413 g/mol. The molecule has 0 radical (unpaired) electrons. The zero-order chi connectivity index (χ0) is 20.7. The first kappa shape index (κ1) is 18.9. The van der Waals surface area contributed by atoms with Gasteiger partial charge in [-0.2, -0.15) is 0 Å². The van der Waals surface area contributed by atoms with E-state index in [0.717, 1.165) is 4.90 Å². The number of hydrogen-bond donors (Lipinski definition) is 1. The summed E-state index contributed by atoms with van der Waals surface area (Å²) in [7, 11) is 0. The summed E-state index contributed by atoms with van der Waals surface area (Å²) in [5, 5.41) is 15.1. The molecule has 0 bridgehead atoms. The lowest BCUT2D eigenvalue weighted by Gasteiger charge is -2.23. The minimum atomic E-state index is -1.21. The lowest BCUT2D eigenvalue weighted by molar-refractivity contribution is -0.132. The third-order valence-electron chi connectivity index (χ3n) is 4.62. The fourth-order valence-corrected chi connectivity index (χ4v) is 3.42. The van der Waals surface area contributed by atoms with Crippen LogP contribution in [-0.2, 0) is 9.59 Å². The van der Waals surface area contributed by atoms with Gasteiger partial charge in [-0.25, -0.2) is 4.39 Å². The molecule has 6 nitrogen and oxygen atoms in total. The van der Waals surface area contributed by atoms with E-state index in [-0.39, 0.29) is 22.5 Å². The number of aromatic nitrogens is 1. The van der Waals surface area contributed by atoms with Gasteiger partial charge in [-0.15, -0.1) is 0 Å². The summed E-state index contributed by atoms with van der Waals surface area (Å²) in [6.45, 7) is 1.62. The van der Waals surface area contributed by atoms with Crippen LogP contribution >= 0.6 is 11.6 Å². The second-order valence-corrected chi connectivity index (χ2v) is 6.93. The summed E-state index contributed by atoms with van der Waals surface area (Å²) in [4.78, 5) is 26.7. The lowest BCUT2D eigenvalue weighted by atomic mass is 9.95. The molecule has 0 saturated carbocycles. The molecule has 29 heavy (non-hydrogen) atoms. The van der Waals surface area contributed by atoms with Crippen molar-refractivity contribution in [3.05, 3.63) is 87.9 Å². The molecule has 2 aromatic carbocycles. The van der Waals surface area contributed by atoms with E-state index < -0.39 is 29.3 Å². The minimum absolute atomic E-state index is 0.0443. The van der Waals surface area contributed by atoms with Crippen LogP contribution in [0.1, 0.15) is 22.9 Å². The Labute approximate surface area is 169 Å².